The lowest BCUT2D eigenvalue weighted by Gasteiger charge is -2.11. The van der Waals surface area contributed by atoms with Crippen LogP contribution in [0.2, 0.25) is 0 Å². The summed E-state index contributed by atoms with van der Waals surface area (Å²) in [6.07, 6.45) is -4.75. The maximum absolute atomic E-state index is 12.4. The van der Waals surface area contributed by atoms with Crippen molar-refractivity contribution in [3.8, 4) is 0 Å². The number of carbonyl (C=O) groups is 1. The molecule has 0 aromatic heterocycles. The average Bonchev–Trinajstić information content (AvgIpc) is 2.14. The van der Waals surface area contributed by atoms with Gasteiger partial charge in [0.1, 0.15) is 0 Å². The molecule has 0 aliphatic heterocycles. The summed E-state index contributed by atoms with van der Waals surface area (Å²) in [6.45, 7) is 3.33. The Bertz CT molecular complexity index is 427. The molecule has 1 aromatic carbocycles. The third kappa shape index (κ3) is 3.73. The van der Waals surface area contributed by atoms with Crippen molar-refractivity contribution in [1.29, 1.82) is 0 Å². The molecule has 0 heterocycles. The van der Waals surface area contributed by atoms with Gasteiger partial charge < -0.3 is 4.74 Å². The first-order valence-corrected chi connectivity index (χ1v) is 5.59. The van der Waals surface area contributed by atoms with Gasteiger partial charge in [0.05, 0.1) is 17.2 Å². The summed E-state index contributed by atoms with van der Waals surface area (Å²) in [6, 6.07) is 2.80. The van der Waals surface area contributed by atoms with Gasteiger partial charge in [0, 0.05) is 4.47 Å². The molecule has 2 nitrogen and oxygen atoms in total. The van der Waals surface area contributed by atoms with E-state index in [0.29, 0.717) is 0 Å². The molecule has 0 amide bonds. The molecule has 17 heavy (non-hydrogen) atoms. The highest BCUT2D eigenvalue weighted by Gasteiger charge is 2.31. The molecule has 0 unspecified atom stereocenters. The number of esters is 1. The van der Waals surface area contributed by atoms with Gasteiger partial charge >= 0.3 is 12.1 Å². The van der Waals surface area contributed by atoms with E-state index >= 15 is 0 Å². The normalized spacial score (nSPS) is 11.7. The lowest BCUT2D eigenvalue weighted by molar-refractivity contribution is -0.137. The number of hydrogen-bond donors (Lipinski definition) is 0. The zero-order valence-corrected chi connectivity index (χ0v) is 10.7. The van der Waals surface area contributed by atoms with Gasteiger partial charge in [0.15, 0.2) is 0 Å². The Kier molecular flexibility index (Phi) is 4.19. The van der Waals surface area contributed by atoms with Crippen molar-refractivity contribution in [1.82, 2.24) is 0 Å². The molecule has 0 atom stereocenters. The molecule has 0 bridgehead atoms. The minimum Gasteiger partial charge on any atom is -0.459 e. The van der Waals surface area contributed by atoms with Crippen LogP contribution in [0, 0.1) is 0 Å². The van der Waals surface area contributed by atoms with Gasteiger partial charge in [0.2, 0.25) is 0 Å². The van der Waals surface area contributed by atoms with Crippen molar-refractivity contribution < 1.29 is 22.7 Å². The summed E-state index contributed by atoms with van der Waals surface area (Å²) in [5.41, 5.74) is -0.739. The lowest BCUT2D eigenvalue weighted by atomic mass is 10.1. The third-order valence-electron chi connectivity index (χ3n) is 1.86. The van der Waals surface area contributed by atoms with Crippen molar-refractivity contribution in [3.05, 3.63) is 33.8 Å². The molecule has 1 rings (SSSR count). The van der Waals surface area contributed by atoms with Crippen LogP contribution in [0.5, 0.6) is 0 Å². The minimum atomic E-state index is -4.43. The van der Waals surface area contributed by atoms with Crippen LogP contribution in [0.25, 0.3) is 0 Å². The predicted molar refractivity (Wildman–Crippen MR) is 59.7 cm³/mol. The summed E-state index contributed by atoms with van der Waals surface area (Å²) >= 11 is 2.93. The number of benzene rings is 1. The highest BCUT2D eigenvalue weighted by Crippen LogP contribution is 2.32. The standard InChI is InChI=1S/C11H10BrF3O2/c1-6(2)17-10(16)8-4-3-7(5-9(8)12)11(13,14)15/h3-6H,1-2H3. The number of halogens is 4. The van der Waals surface area contributed by atoms with Gasteiger partial charge in [-0.15, -0.1) is 0 Å². The molecule has 94 valence electrons. The fourth-order valence-electron chi connectivity index (χ4n) is 1.13. The average molecular weight is 311 g/mol. The predicted octanol–water partition coefficient (Wildman–Crippen LogP) is 4.03. The summed E-state index contributed by atoms with van der Waals surface area (Å²) in [5.74, 6) is -0.652. The van der Waals surface area contributed by atoms with Crippen LogP contribution in [-0.2, 0) is 10.9 Å². The van der Waals surface area contributed by atoms with Crippen molar-refractivity contribution in [2.75, 3.05) is 0 Å². The highest BCUT2D eigenvalue weighted by molar-refractivity contribution is 9.10. The van der Waals surface area contributed by atoms with Crippen LogP contribution in [0.3, 0.4) is 0 Å². The Labute approximate surface area is 105 Å². The summed E-state index contributed by atoms with van der Waals surface area (Å²) in [5, 5.41) is 0. The molecule has 0 saturated heterocycles. The largest absolute Gasteiger partial charge is 0.459 e. The van der Waals surface area contributed by atoms with Crippen LogP contribution in [0.1, 0.15) is 29.8 Å². The highest BCUT2D eigenvalue weighted by atomic mass is 79.9. The van der Waals surface area contributed by atoms with Crippen LogP contribution in [0.4, 0.5) is 13.2 Å². The second-order valence-electron chi connectivity index (χ2n) is 3.65. The molecule has 1 aromatic rings. The van der Waals surface area contributed by atoms with Gasteiger partial charge in [-0.1, -0.05) is 0 Å². The van der Waals surface area contributed by atoms with E-state index in [9.17, 15) is 18.0 Å². The van der Waals surface area contributed by atoms with E-state index in [1.54, 1.807) is 13.8 Å². The molecule has 0 radical (unpaired) electrons. The van der Waals surface area contributed by atoms with Crippen LogP contribution in [0.15, 0.2) is 22.7 Å². The van der Waals surface area contributed by atoms with Gasteiger partial charge in [-0.05, 0) is 48.0 Å². The third-order valence-corrected chi connectivity index (χ3v) is 2.52. The molecule has 0 N–H and O–H groups in total. The zero-order valence-electron chi connectivity index (χ0n) is 9.14. The first kappa shape index (κ1) is 14.0. The van der Waals surface area contributed by atoms with E-state index in [4.69, 9.17) is 4.74 Å². The molecule has 6 heteroatoms. The quantitative estimate of drug-likeness (QED) is 0.771. The van der Waals surface area contributed by atoms with E-state index in [2.05, 4.69) is 15.9 Å². The molecular formula is C11H10BrF3O2. The van der Waals surface area contributed by atoms with E-state index in [-0.39, 0.29) is 16.1 Å². The van der Waals surface area contributed by atoms with E-state index in [1.807, 2.05) is 0 Å². The second kappa shape index (κ2) is 5.08. The van der Waals surface area contributed by atoms with Crippen molar-refractivity contribution in [3.63, 3.8) is 0 Å². The van der Waals surface area contributed by atoms with E-state index < -0.39 is 17.7 Å². The summed E-state index contributed by atoms with van der Waals surface area (Å²) in [7, 11) is 0. The van der Waals surface area contributed by atoms with Crippen LogP contribution in [-0.4, -0.2) is 12.1 Å². The molecule has 0 fully saturated rings. The SMILES string of the molecule is CC(C)OC(=O)c1ccc(C(F)(F)F)cc1Br. The first-order chi connectivity index (χ1) is 7.71. The maximum Gasteiger partial charge on any atom is 0.416 e. The molecular weight excluding hydrogens is 301 g/mol. The number of ether oxygens (including phenoxy) is 1. The second-order valence-corrected chi connectivity index (χ2v) is 4.50. The Balaban J connectivity index is 3.02. The Morgan fingerprint density at radius 3 is 2.35 bits per heavy atom. The van der Waals surface area contributed by atoms with E-state index in [1.165, 1.54) is 0 Å². The van der Waals surface area contributed by atoms with Gasteiger partial charge in [-0.2, -0.15) is 13.2 Å². The molecule has 0 aliphatic carbocycles. The van der Waals surface area contributed by atoms with Gasteiger partial charge in [-0.25, -0.2) is 4.79 Å². The molecule has 0 saturated carbocycles. The van der Waals surface area contributed by atoms with Crippen LogP contribution >= 0.6 is 15.9 Å². The molecule has 0 spiro atoms. The molecule has 0 aliphatic rings. The van der Waals surface area contributed by atoms with Crippen molar-refractivity contribution in [2.24, 2.45) is 0 Å². The monoisotopic (exact) mass is 310 g/mol. The number of carbonyl (C=O) groups excluding carboxylic acids is 1. The minimum absolute atomic E-state index is 0.0676. The maximum atomic E-state index is 12.4. The van der Waals surface area contributed by atoms with Gasteiger partial charge in [0.25, 0.3) is 0 Å². The van der Waals surface area contributed by atoms with Crippen molar-refractivity contribution >= 4 is 21.9 Å². The van der Waals surface area contributed by atoms with E-state index in [0.717, 1.165) is 18.2 Å². The Morgan fingerprint density at radius 1 is 1.35 bits per heavy atom. The zero-order chi connectivity index (χ0) is 13.2. The number of alkyl halides is 3. The summed E-state index contributed by atoms with van der Waals surface area (Å²) in [4.78, 5) is 11.5. The topological polar surface area (TPSA) is 26.3 Å². The fraction of sp³-hybridized carbons (Fsp3) is 0.364. The smallest absolute Gasteiger partial charge is 0.416 e. The fourth-order valence-corrected chi connectivity index (χ4v) is 1.68. The van der Waals surface area contributed by atoms with Crippen LogP contribution < -0.4 is 0 Å². The Hall–Kier alpha value is -1.04. The Morgan fingerprint density at radius 2 is 1.94 bits per heavy atom. The first-order valence-electron chi connectivity index (χ1n) is 4.79. The lowest BCUT2D eigenvalue weighted by Crippen LogP contribution is -2.13. The number of rotatable bonds is 2. The van der Waals surface area contributed by atoms with Gasteiger partial charge in [-0.3, -0.25) is 0 Å². The van der Waals surface area contributed by atoms with Crippen molar-refractivity contribution in [2.45, 2.75) is 26.1 Å². The number of hydrogen-bond acceptors (Lipinski definition) is 2. The summed E-state index contributed by atoms with van der Waals surface area (Å²) < 4.78 is 42.1.